The Morgan fingerprint density at radius 1 is 1.15 bits per heavy atom. The fourth-order valence-electron chi connectivity index (χ4n) is 3.02. The molecule has 1 fully saturated rings. The molecule has 1 saturated heterocycles. The van der Waals surface area contributed by atoms with Crippen molar-refractivity contribution in [2.75, 3.05) is 37.3 Å². The van der Waals surface area contributed by atoms with Crippen LogP contribution in [0.3, 0.4) is 0 Å². The summed E-state index contributed by atoms with van der Waals surface area (Å²) >= 11 is 1.46. The Morgan fingerprint density at radius 2 is 1.93 bits per heavy atom. The Morgan fingerprint density at radius 3 is 2.59 bits per heavy atom. The maximum absolute atomic E-state index is 12.5. The summed E-state index contributed by atoms with van der Waals surface area (Å²) in [5.74, 6) is -0.133. The van der Waals surface area contributed by atoms with E-state index in [2.05, 4.69) is 19.9 Å². The molecule has 3 heterocycles. The first-order valence-corrected chi connectivity index (χ1v) is 11.0. The summed E-state index contributed by atoms with van der Waals surface area (Å²) in [5.41, 5.74) is 0.849. The minimum atomic E-state index is -3.34. The summed E-state index contributed by atoms with van der Waals surface area (Å²) < 4.78 is 24.8. The number of sulfone groups is 1. The molecule has 1 aliphatic rings. The Hall–Kier alpha value is -2.59. The lowest BCUT2D eigenvalue weighted by atomic mass is 10.3. The van der Waals surface area contributed by atoms with Crippen molar-refractivity contribution in [3.05, 3.63) is 42.5 Å². The van der Waals surface area contributed by atoms with Crippen LogP contribution >= 0.6 is 11.3 Å². The minimum absolute atomic E-state index is 0.133. The number of piperazine rings is 1. The molecule has 4 rings (SSSR count). The SMILES string of the molecule is CS(=O)(=O)c1cccc2sc(N3CCN(C(=O)c4cnccn4)CC3)nc12. The van der Waals surface area contributed by atoms with Gasteiger partial charge >= 0.3 is 0 Å². The molecule has 140 valence electrons. The van der Waals surface area contributed by atoms with E-state index in [9.17, 15) is 13.2 Å². The molecule has 0 N–H and O–H groups in total. The van der Waals surface area contributed by atoms with E-state index in [1.54, 1.807) is 17.0 Å². The highest BCUT2D eigenvalue weighted by molar-refractivity contribution is 7.91. The van der Waals surface area contributed by atoms with Crippen LogP contribution in [-0.2, 0) is 9.84 Å². The third-order valence-corrected chi connectivity index (χ3v) is 6.60. The zero-order valence-electron chi connectivity index (χ0n) is 14.6. The van der Waals surface area contributed by atoms with Gasteiger partial charge in [-0.2, -0.15) is 0 Å². The molecule has 1 aliphatic heterocycles. The van der Waals surface area contributed by atoms with Crippen LogP contribution in [0.25, 0.3) is 10.2 Å². The molecule has 0 aliphatic carbocycles. The highest BCUT2D eigenvalue weighted by Gasteiger charge is 2.25. The molecular weight excluding hydrogens is 386 g/mol. The molecule has 2 aromatic heterocycles. The number of para-hydroxylation sites is 1. The second-order valence-corrected chi connectivity index (χ2v) is 9.23. The largest absolute Gasteiger partial charge is 0.345 e. The molecule has 10 heteroatoms. The van der Waals surface area contributed by atoms with Crippen molar-refractivity contribution in [1.82, 2.24) is 19.9 Å². The third kappa shape index (κ3) is 3.50. The van der Waals surface area contributed by atoms with Crippen molar-refractivity contribution in [3.8, 4) is 0 Å². The van der Waals surface area contributed by atoms with E-state index in [0.717, 1.165) is 9.83 Å². The van der Waals surface area contributed by atoms with Gasteiger partial charge in [0.05, 0.1) is 15.8 Å². The molecule has 0 saturated carbocycles. The number of nitrogens with zero attached hydrogens (tertiary/aromatic N) is 5. The average Bonchev–Trinajstić information content (AvgIpc) is 3.11. The molecule has 0 atom stereocenters. The van der Waals surface area contributed by atoms with Gasteiger partial charge in [-0.25, -0.2) is 18.4 Å². The lowest BCUT2D eigenvalue weighted by Gasteiger charge is -2.34. The van der Waals surface area contributed by atoms with Crippen LogP contribution in [0.5, 0.6) is 0 Å². The van der Waals surface area contributed by atoms with Gasteiger partial charge in [0, 0.05) is 44.8 Å². The number of rotatable bonds is 3. The van der Waals surface area contributed by atoms with Crippen molar-refractivity contribution in [1.29, 1.82) is 0 Å². The first kappa shape index (κ1) is 17.8. The Bertz CT molecular complexity index is 1090. The number of amides is 1. The predicted octanol–water partition coefficient (Wildman–Crippen LogP) is 1.45. The smallest absolute Gasteiger partial charge is 0.274 e. The quantitative estimate of drug-likeness (QED) is 0.653. The van der Waals surface area contributed by atoms with E-state index in [1.165, 1.54) is 36.2 Å². The van der Waals surface area contributed by atoms with Gasteiger partial charge in [-0.15, -0.1) is 0 Å². The molecule has 1 aromatic carbocycles. The van der Waals surface area contributed by atoms with Crippen LogP contribution < -0.4 is 4.90 Å². The van der Waals surface area contributed by atoms with Crippen LogP contribution in [0.15, 0.2) is 41.7 Å². The number of carbonyl (C=O) groups is 1. The average molecular weight is 403 g/mol. The van der Waals surface area contributed by atoms with Gasteiger partial charge in [-0.1, -0.05) is 17.4 Å². The van der Waals surface area contributed by atoms with Crippen molar-refractivity contribution in [2.24, 2.45) is 0 Å². The molecule has 0 bridgehead atoms. The molecular formula is C17H17N5O3S2. The first-order valence-electron chi connectivity index (χ1n) is 8.33. The second-order valence-electron chi connectivity index (χ2n) is 6.24. The van der Waals surface area contributed by atoms with E-state index in [4.69, 9.17) is 0 Å². The Kier molecular flexibility index (Phi) is 4.52. The minimum Gasteiger partial charge on any atom is -0.345 e. The maximum Gasteiger partial charge on any atom is 0.274 e. The van der Waals surface area contributed by atoms with Gasteiger partial charge in [-0.05, 0) is 12.1 Å². The first-order chi connectivity index (χ1) is 12.9. The number of hydrogen-bond donors (Lipinski definition) is 0. The van der Waals surface area contributed by atoms with E-state index < -0.39 is 9.84 Å². The summed E-state index contributed by atoms with van der Waals surface area (Å²) in [5, 5.41) is 0.771. The number of benzene rings is 1. The second kappa shape index (κ2) is 6.86. The van der Waals surface area contributed by atoms with Crippen LogP contribution in [-0.4, -0.2) is 66.6 Å². The van der Waals surface area contributed by atoms with Gasteiger partial charge in [-0.3, -0.25) is 9.78 Å². The summed E-state index contributed by atoms with van der Waals surface area (Å²) in [6.07, 6.45) is 5.70. The topological polar surface area (TPSA) is 96.4 Å². The van der Waals surface area contributed by atoms with Crippen LogP contribution in [0.2, 0.25) is 0 Å². The monoisotopic (exact) mass is 403 g/mol. The summed E-state index contributed by atoms with van der Waals surface area (Å²) in [6.45, 7) is 2.34. The normalized spacial score (nSPS) is 15.3. The van der Waals surface area contributed by atoms with Gasteiger partial charge in [0.15, 0.2) is 15.0 Å². The molecule has 3 aromatic rings. The fourth-order valence-corrected chi connectivity index (χ4v) is 4.96. The zero-order chi connectivity index (χ0) is 19.0. The number of fused-ring (bicyclic) bond motifs is 1. The zero-order valence-corrected chi connectivity index (χ0v) is 16.2. The van der Waals surface area contributed by atoms with E-state index >= 15 is 0 Å². The van der Waals surface area contributed by atoms with Crippen LogP contribution in [0.1, 0.15) is 10.5 Å². The summed E-state index contributed by atoms with van der Waals surface area (Å²) in [4.78, 5) is 29.1. The van der Waals surface area contributed by atoms with Crippen molar-refractivity contribution < 1.29 is 13.2 Å². The summed E-state index contributed by atoms with van der Waals surface area (Å²) in [7, 11) is -3.34. The van der Waals surface area contributed by atoms with E-state index in [-0.39, 0.29) is 10.8 Å². The molecule has 0 spiro atoms. The van der Waals surface area contributed by atoms with Crippen molar-refractivity contribution in [3.63, 3.8) is 0 Å². The number of hydrogen-bond acceptors (Lipinski definition) is 8. The lowest BCUT2D eigenvalue weighted by molar-refractivity contribution is 0.0740. The van der Waals surface area contributed by atoms with E-state index in [0.29, 0.717) is 37.4 Å². The fraction of sp³-hybridized carbons (Fsp3) is 0.294. The van der Waals surface area contributed by atoms with Crippen LogP contribution in [0, 0.1) is 0 Å². The number of carbonyl (C=O) groups excluding carboxylic acids is 1. The lowest BCUT2D eigenvalue weighted by Crippen LogP contribution is -2.49. The molecule has 1 amide bonds. The van der Waals surface area contributed by atoms with Crippen LogP contribution in [0.4, 0.5) is 5.13 Å². The molecule has 27 heavy (non-hydrogen) atoms. The Labute approximate surface area is 160 Å². The number of aromatic nitrogens is 3. The number of thiazole rings is 1. The van der Waals surface area contributed by atoms with Gasteiger partial charge < -0.3 is 9.80 Å². The number of anilines is 1. The predicted molar refractivity (Wildman–Crippen MR) is 103 cm³/mol. The summed E-state index contributed by atoms with van der Waals surface area (Å²) in [6, 6.07) is 5.19. The Balaban J connectivity index is 1.53. The van der Waals surface area contributed by atoms with Gasteiger partial charge in [0.2, 0.25) is 0 Å². The highest BCUT2D eigenvalue weighted by Crippen LogP contribution is 2.33. The maximum atomic E-state index is 12.5. The third-order valence-electron chi connectivity index (χ3n) is 4.39. The standard InChI is InChI=1S/C17H17N5O3S2/c1-27(24,25)14-4-2-3-13-15(14)20-17(26-13)22-9-7-21(8-10-22)16(23)12-11-18-5-6-19-12/h2-6,11H,7-10H2,1H3. The molecule has 8 nitrogen and oxygen atoms in total. The van der Waals surface area contributed by atoms with Crippen molar-refractivity contribution >= 4 is 42.4 Å². The van der Waals surface area contributed by atoms with Gasteiger partial charge in [0.1, 0.15) is 11.2 Å². The van der Waals surface area contributed by atoms with E-state index in [1.807, 2.05) is 6.07 Å². The highest BCUT2D eigenvalue weighted by atomic mass is 32.2. The molecule has 0 unspecified atom stereocenters. The van der Waals surface area contributed by atoms with Crippen molar-refractivity contribution in [2.45, 2.75) is 4.90 Å². The molecule has 0 radical (unpaired) electrons. The van der Waals surface area contributed by atoms with Gasteiger partial charge in [0.25, 0.3) is 5.91 Å².